The summed E-state index contributed by atoms with van der Waals surface area (Å²) in [5, 5.41) is 0. The second kappa shape index (κ2) is 6.02. The molecule has 0 radical (unpaired) electrons. The molecule has 0 fully saturated rings. The number of hydrogen-bond acceptors (Lipinski definition) is 4. The zero-order valence-electron chi connectivity index (χ0n) is 10.1. The summed E-state index contributed by atoms with van der Waals surface area (Å²) in [4.78, 5) is 11.0. The monoisotopic (exact) mass is 301 g/mol. The molecule has 1 aromatic rings. The average Bonchev–Trinajstić information content (AvgIpc) is 2.27. The number of benzene rings is 1. The van der Waals surface area contributed by atoms with Crippen molar-refractivity contribution >= 4 is 22.2 Å². The largest absolute Gasteiger partial charge is 0.493 e. The Labute approximate surface area is 109 Å². The Hall–Kier alpha value is -1.07. The van der Waals surface area contributed by atoms with Gasteiger partial charge in [0.1, 0.15) is 0 Å². The highest BCUT2D eigenvalue weighted by Crippen LogP contribution is 2.38. The van der Waals surface area contributed by atoms with Crippen LogP contribution in [0.15, 0.2) is 10.5 Å². The van der Waals surface area contributed by atoms with Crippen LogP contribution in [-0.4, -0.2) is 26.5 Å². The van der Waals surface area contributed by atoms with E-state index in [9.17, 15) is 4.79 Å². The summed E-state index contributed by atoms with van der Waals surface area (Å²) in [6, 6.07) is 1.84. The topological polar surface area (TPSA) is 61.5 Å². The second-order valence-corrected chi connectivity index (χ2v) is 4.65. The number of carbonyl (C=O) groups excluding carboxylic acids is 1. The van der Waals surface area contributed by atoms with Gasteiger partial charge in [0, 0.05) is 16.1 Å². The zero-order chi connectivity index (χ0) is 13.0. The highest BCUT2D eigenvalue weighted by atomic mass is 79.9. The van der Waals surface area contributed by atoms with E-state index in [0.29, 0.717) is 28.0 Å². The number of halogens is 1. The van der Waals surface area contributed by atoms with E-state index >= 15 is 0 Å². The van der Waals surface area contributed by atoms with Gasteiger partial charge in [0.2, 0.25) is 0 Å². The van der Waals surface area contributed by atoms with Crippen LogP contribution in [0.1, 0.15) is 22.8 Å². The van der Waals surface area contributed by atoms with E-state index in [4.69, 9.17) is 15.2 Å². The van der Waals surface area contributed by atoms with E-state index in [1.807, 2.05) is 13.0 Å². The Morgan fingerprint density at radius 2 is 2.00 bits per heavy atom. The molecule has 1 unspecified atom stereocenters. The fourth-order valence-electron chi connectivity index (χ4n) is 1.71. The predicted octanol–water partition coefficient (Wildman–Crippen LogP) is 2.17. The van der Waals surface area contributed by atoms with Crippen LogP contribution in [0.3, 0.4) is 0 Å². The van der Waals surface area contributed by atoms with Crippen LogP contribution in [0, 0.1) is 0 Å². The molecule has 17 heavy (non-hydrogen) atoms. The maximum absolute atomic E-state index is 11.0. The first-order chi connectivity index (χ1) is 8.04. The Morgan fingerprint density at radius 1 is 1.41 bits per heavy atom. The van der Waals surface area contributed by atoms with Crippen molar-refractivity contribution in [2.75, 3.05) is 14.2 Å². The Morgan fingerprint density at radius 3 is 2.41 bits per heavy atom. The molecule has 2 N–H and O–H groups in total. The number of aldehydes is 1. The van der Waals surface area contributed by atoms with Gasteiger partial charge >= 0.3 is 0 Å². The van der Waals surface area contributed by atoms with E-state index in [-0.39, 0.29) is 6.04 Å². The fraction of sp³-hybridized carbons (Fsp3) is 0.417. The molecule has 1 aromatic carbocycles. The lowest BCUT2D eigenvalue weighted by Gasteiger charge is -2.17. The van der Waals surface area contributed by atoms with Gasteiger partial charge in [0.15, 0.2) is 17.8 Å². The maximum atomic E-state index is 11.0. The van der Waals surface area contributed by atoms with Crippen LogP contribution in [-0.2, 0) is 6.42 Å². The number of carbonyl (C=O) groups is 1. The van der Waals surface area contributed by atoms with Crippen molar-refractivity contribution in [1.82, 2.24) is 0 Å². The van der Waals surface area contributed by atoms with Gasteiger partial charge in [-0.2, -0.15) is 0 Å². The van der Waals surface area contributed by atoms with Crippen molar-refractivity contribution in [3.8, 4) is 11.5 Å². The first kappa shape index (κ1) is 14.0. The number of hydrogen-bond donors (Lipinski definition) is 1. The van der Waals surface area contributed by atoms with Gasteiger partial charge in [0.25, 0.3) is 0 Å². The fourth-order valence-corrected chi connectivity index (χ4v) is 2.26. The summed E-state index contributed by atoms with van der Waals surface area (Å²) in [6.45, 7) is 1.91. The normalized spacial score (nSPS) is 12.1. The van der Waals surface area contributed by atoms with Crippen molar-refractivity contribution in [2.45, 2.75) is 19.4 Å². The van der Waals surface area contributed by atoms with E-state index in [2.05, 4.69) is 15.9 Å². The highest BCUT2D eigenvalue weighted by Gasteiger charge is 2.18. The van der Waals surface area contributed by atoms with Crippen LogP contribution >= 0.6 is 15.9 Å². The van der Waals surface area contributed by atoms with Gasteiger partial charge in [-0.25, -0.2) is 0 Å². The lowest BCUT2D eigenvalue weighted by Crippen LogP contribution is -2.18. The molecular weight excluding hydrogens is 286 g/mol. The zero-order valence-corrected chi connectivity index (χ0v) is 11.7. The smallest absolute Gasteiger partial charge is 0.172 e. The molecule has 0 aliphatic rings. The molecule has 0 spiro atoms. The molecule has 4 nitrogen and oxygen atoms in total. The SMILES string of the molecule is COc1c(CC(C)N)cc(Br)c(C=O)c1OC. The number of methoxy groups -OCH3 is 2. The second-order valence-electron chi connectivity index (χ2n) is 3.80. The van der Waals surface area contributed by atoms with Gasteiger partial charge in [-0.1, -0.05) is 0 Å². The van der Waals surface area contributed by atoms with Crippen LogP contribution in [0.25, 0.3) is 0 Å². The van der Waals surface area contributed by atoms with Gasteiger partial charge in [0.05, 0.1) is 19.8 Å². The molecule has 5 heteroatoms. The van der Waals surface area contributed by atoms with E-state index < -0.39 is 0 Å². The van der Waals surface area contributed by atoms with Gasteiger partial charge in [-0.15, -0.1) is 0 Å². The van der Waals surface area contributed by atoms with Crippen molar-refractivity contribution < 1.29 is 14.3 Å². The molecule has 0 bridgehead atoms. The summed E-state index contributed by atoms with van der Waals surface area (Å²) in [6.07, 6.45) is 1.39. The minimum atomic E-state index is 0.00240. The number of ether oxygens (including phenoxy) is 2. The standard InChI is InChI=1S/C12H16BrNO3/c1-7(14)4-8-5-10(13)9(6-15)12(17-3)11(8)16-2/h5-7H,4,14H2,1-3H3. The molecule has 0 saturated heterocycles. The number of nitrogens with two attached hydrogens (primary N) is 1. The van der Waals surface area contributed by atoms with Crippen molar-refractivity contribution in [2.24, 2.45) is 5.73 Å². The van der Waals surface area contributed by atoms with Crippen molar-refractivity contribution in [1.29, 1.82) is 0 Å². The van der Waals surface area contributed by atoms with Crippen LogP contribution in [0.2, 0.25) is 0 Å². The summed E-state index contributed by atoms with van der Waals surface area (Å²) < 4.78 is 11.2. The first-order valence-electron chi connectivity index (χ1n) is 5.19. The Bertz CT molecular complexity index is 419. The molecule has 0 heterocycles. The van der Waals surface area contributed by atoms with Crippen molar-refractivity contribution in [3.05, 3.63) is 21.7 Å². The van der Waals surface area contributed by atoms with Gasteiger partial charge in [-0.3, -0.25) is 4.79 Å². The molecule has 0 aliphatic heterocycles. The summed E-state index contributed by atoms with van der Waals surface area (Å²) >= 11 is 3.34. The molecular formula is C12H16BrNO3. The van der Waals surface area contributed by atoms with Crippen LogP contribution < -0.4 is 15.2 Å². The molecule has 0 saturated carbocycles. The summed E-state index contributed by atoms with van der Waals surface area (Å²) in [5.74, 6) is 1.00. The highest BCUT2D eigenvalue weighted by molar-refractivity contribution is 9.10. The third-order valence-electron chi connectivity index (χ3n) is 2.37. The predicted molar refractivity (Wildman–Crippen MR) is 70.0 cm³/mol. The Kier molecular flexibility index (Phi) is 4.96. The summed E-state index contributed by atoms with van der Waals surface area (Å²) in [7, 11) is 3.05. The minimum absolute atomic E-state index is 0.00240. The van der Waals surface area contributed by atoms with Gasteiger partial charge < -0.3 is 15.2 Å². The molecule has 0 aliphatic carbocycles. The molecule has 1 atom stereocenters. The molecule has 0 aromatic heterocycles. The lowest BCUT2D eigenvalue weighted by atomic mass is 10.0. The van der Waals surface area contributed by atoms with Crippen molar-refractivity contribution in [3.63, 3.8) is 0 Å². The molecule has 1 rings (SSSR count). The lowest BCUT2D eigenvalue weighted by molar-refractivity contribution is 0.111. The number of rotatable bonds is 5. The van der Waals surface area contributed by atoms with Crippen LogP contribution in [0.4, 0.5) is 0 Å². The quantitative estimate of drug-likeness (QED) is 0.847. The Balaban J connectivity index is 3.41. The third-order valence-corrected chi connectivity index (χ3v) is 3.02. The van der Waals surface area contributed by atoms with E-state index in [0.717, 1.165) is 11.8 Å². The minimum Gasteiger partial charge on any atom is -0.493 e. The first-order valence-corrected chi connectivity index (χ1v) is 5.98. The maximum Gasteiger partial charge on any atom is 0.172 e. The van der Waals surface area contributed by atoms with Gasteiger partial charge in [-0.05, 0) is 35.3 Å². The van der Waals surface area contributed by atoms with Crippen LogP contribution in [0.5, 0.6) is 11.5 Å². The summed E-state index contributed by atoms with van der Waals surface area (Å²) in [5.41, 5.74) is 7.14. The average molecular weight is 302 g/mol. The molecule has 0 amide bonds. The van der Waals surface area contributed by atoms with E-state index in [1.165, 1.54) is 7.11 Å². The third kappa shape index (κ3) is 2.98. The van der Waals surface area contributed by atoms with E-state index in [1.54, 1.807) is 7.11 Å². The molecule has 94 valence electrons.